The molecule has 1 N–H and O–H groups in total. The smallest absolute Gasteiger partial charge is 0.247 e. The fraction of sp³-hybridized carbons (Fsp3) is 0.471. The van der Waals surface area contributed by atoms with E-state index in [-0.39, 0.29) is 11.8 Å². The molecular formula is C17H21N3O2. The van der Waals surface area contributed by atoms with Crippen molar-refractivity contribution >= 4 is 5.91 Å². The SMILES string of the molecule is Cc1cccc(-c2nnc(CNC(=O)C3CCCCC3)o2)c1. The van der Waals surface area contributed by atoms with Crippen molar-refractivity contribution in [1.29, 1.82) is 0 Å². The first-order valence-electron chi connectivity index (χ1n) is 7.89. The van der Waals surface area contributed by atoms with Gasteiger partial charge >= 0.3 is 0 Å². The standard InChI is InChI=1S/C17H21N3O2/c1-12-6-5-9-14(10-12)17-20-19-15(22-17)11-18-16(21)13-7-3-2-4-8-13/h5-6,9-10,13H,2-4,7-8,11H2,1H3,(H,18,21). The largest absolute Gasteiger partial charge is 0.419 e. The van der Waals surface area contributed by atoms with Gasteiger partial charge in [0.1, 0.15) is 0 Å². The van der Waals surface area contributed by atoms with Crippen molar-refractivity contribution < 1.29 is 9.21 Å². The number of carbonyl (C=O) groups excluding carboxylic acids is 1. The van der Waals surface area contributed by atoms with Crippen LogP contribution in [0.1, 0.15) is 43.6 Å². The topological polar surface area (TPSA) is 68.0 Å². The van der Waals surface area contributed by atoms with Crippen molar-refractivity contribution in [3.8, 4) is 11.5 Å². The molecule has 1 aliphatic rings. The second-order valence-corrected chi connectivity index (χ2v) is 5.92. The van der Waals surface area contributed by atoms with Crippen LogP contribution in [0.15, 0.2) is 28.7 Å². The Balaban J connectivity index is 1.59. The Labute approximate surface area is 130 Å². The normalized spacial score (nSPS) is 15.7. The first-order valence-corrected chi connectivity index (χ1v) is 7.89. The Morgan fingerprint density at radius 3 is 2.86 bits per heavy atom. The zero-order valence-corrected chi connectivity index (χ0v) is 12.8. The quantitative estimate of drug-likeness (QED) is 0.941. The lowest BCUT2D eigenvalue weighted by atomic mass is 9.89. The van der Waals surface area contributed by atoms with Gasteiger partial charge in [0.2, 0.25) is 17.7 Å². The molecule has 116 valence electrons. The second-order valence-electron chi connectivity index (χ2n) is 5.92. The minimum Gasteiger partial charge on any atom is -0.419 e. The Bertz CT molecular complexity index is 645. The van der Waals surface area contributed by atoms with Crippen molar-refractivity contribution in [3.63, 3.8) is 0 Å². The van der Waals surface area contributed by atoms with Crippen LogP contribution in [-0.4, -0.2) is 16.1 Å². The molecule has 1 heterocycles. The van der Waals surface area contributed by atoms with Crippen LogP contribution >= 0.6 is 0 Å². The summed E-state index contributed by atoms with van der Waals surface area (Å²) < 4.78 is 5.63. The predicted molar refractivity (Wildman–Crippen MR) is 82.9 cm³/mol. The molecular weight excluding hydrogens is 278 g/mol. The van der Waals surface area contributed by atoms with Gasteiger partial charge in [-0.1, -0.05) is 37.0 Å². The molecule has 1 aromatic carbocycles. The van der Waals surface area contributed by atoms with Gasteiger partial charge in [-0.25, -0.2) is 0 Å². The molecule has 0 aliphatic heterocycles. The van der Waals surface area contributed by atoms with Crippen LogP contribution in [0.5, 0.6) is 0 Å². The molecule has 1 fully saturated rings. The van der Waals surface area contributed by atoms with E-state index in [0.29, 0.717) is 18.3 Å². The molecule has 3 rings (SSSR count). The maximum atomic E-state index is 12.1. The van der Waals surface area contributed by atoms with Crippen LogP contribution in [-0.2, 0) is 11.3 Å². The lowest BCUT2D eigenvalue weighted by molar-refractivity contribution is -0.126. The van der Waals surface area contributed by atoms with Crippen LogP contribution in [0.3, 0.4) is 0 Å². The van der Waals surface area contributed by atoms with E-state index in [0.717, 1.165) is 36.8 Å². The molecule has 0 saturated heterocycles. The van der Waals surface area contributed by atoms with Crippen molar-refractivity contribution in [1.82, 2.24) is 15.5 Å². The molecule has 0 unspecified atom stereocenters. The van der Waals surface area contributed by atoms with Gasteiger partial charge in [-0.2, -0.15) is 0 Å². The maximum Gasteiger partial charge on any atom is 0.247 e. The second kappa shape index (κ2) is 6.73. The van der Waals surface area contributed by atoms with E-state index in [4.69, 9.17) is 4.42 Å². The van der Waals surface area contributed by atoms with E-state index in [1.165, 1.54) is 6.42 Å². The van der Waals surface area contributed by atoms with Gasteiger partial charge < -0.3 is 9.73 Å². The van der Waals surface area contributed by atoms with Crippen LogP contribution < -0.4 is 5.32 Å². The molecule has 1 aliphatic carbocycles. The maximum absolute atomic E-state index is 12.1. The van der Waals surface area contributed by atoms with Gasteiger partial charge in [0.15, 0.2) is 0 Å². The summed E-state index contributed by atoms with van der Waals surface area (Å²) in [5.74, 6) is 1.19. The first-order chi connectivity index (χ1) is 10.7. The lowest BCUT2D eigenvalue weighted by Crippen LogP contribution is -2.31. The third-order valence-electron chi connectivity index (χ3n) is 4.12. The fourth-order valence-corrected chi connectivity index (χ4v) is 2.89. The molecule has 5 heteroatoms. The van der Waals surface area contributed by atoms with Gasteiger partial charge in [-0.3, -0.25) is 4.79 Å². The monoisotopic (exact) mass is 299 g/mol. The third kappa shape index (κ3) is 3.53. The number of hydrogen-bond donors (Lipinski definition) is 1. The highest BCUT2D eigenvalue weighted by atomic mass is 16.4. The average molecular weight is 299 g/mol. The van der Waals surface area contributed by atoms with Gasteiger partial charge in [-0.15, -0.1) is 10.2 Å². The number of aryl methyl sites for hydroxylation is 1. The van der Waals surface area contributed by atoms with Gasteiger partial charge in [-0.05, 0) is 31.9 Å². The molecule has 22 heavy (non-hydrogen) atoms. The van der Waals surface area contributed by atoms with E-state index in [1.807, 2.05) is 31.2 Å². The molecule has 1 saturated carbocycles. The highest BCUT2D eigenvalue weighted by Gasteiger charge is 2.21. The predicted octanol–water partition coefficient (Wildman–Crippen LogP) is 3.24. The summed E-state index contributed by atoms with van der Waals surface area (Å²) in [6.45, 7) is 2.32. The summed E-state index contributed by atoms with van der Waals surface area (Å²) in [6, 6.07) is 7.91. The minimum absolute atomic E-state index is 0.106. The van der Waals surface area contributed by atoms with Crippen molar-refractivity contribution in [3.05, 3.63) is 35.7 Å². The van der Waals surface area contributed by atoms with E-state index in [2.05, 4.69) is 15.5 Å². The number of aromatic nitrogens is 2. The van der Waals surface area contributed by atoms with Crippen LogP contribution in [0, 0.1) is 12.8 Å². The fourth-order valence-electron chi connectivity index (χ4n) is 2.89. The summed E-state index contributed by atoms with van der Waals surface area (Å²) in [5, 5.41) is 11.0. The number of nitrogens with one attached hydrogen (secondary N) is 1. The summed E-state index contributed by atoms with van der Waals surface area (Å²) in [7, 11) is 0. The van der Waals surface area contributed by atoms with Gasteiger partial charge in [0.25, 0.3) is 0 Å². The number of carbonyl (C=O) groups is 1. The highest BCUT2D eigenvalue weighted by Crippen LogP contribution is 2.24. The molecule has 1 amide bonds. The summed E-state index contributed by atoms with van der Waals surface area (Å²) in [5.41, 5.74) is 2.04. The molecule has 0 bridgehead atoms. The van der Waals surface area contributed by atoms with Crippen molar-refractivity contribution in [2.75, 3.05) is 0 Å². The molecule has 2 aromatic rings. The number of benzene rings is 1. The highest BCUT2D eigenvalue weighted by molar-refractivity contribution is 5.78. The van der Waals surface area contributed by atoms with E-state index >= 15 is 0 Å². The van der Waals surface area contributed by atoms with E-state index in [1.54, 1.807) is 0 Å². The van der Waals surface area contributed by atoms with Crippen molar-refractivity contribution in [2.45, 2.75) is 45.6 Å². The lowest BCUT2D eigenvalue weighted by Gasteiger charge is -2.20. The van der Waals surface area contributed by atoms with Crippen LogP contribution in [0.2, 0.25) is 0 Å². The molecule has 0 radical (unpaired) electrons. The Kier molecular flexibility index (Phi) is 4.51. The number of nitrogens with zero attached hydrogens (tertiary/aromatic N) is 2. The van der Waals surface area contributed by atoms with Crippen molar-refractivity contribution in [2.24, 2.45) is 5.92 Å². The van der Waals surface area contributed by atoms with E-state index in [9.17, 15) is 4.79 Å². The van der Waals surface area contributed by atoms with Crippen LogP contribution in [0.4, 0.5) is 0 Å². The van der Waals surface area contributed by atoms with Crippen LogP contribution in [0.25, 0.3) is 11.5 Å². The summed E-state index contributed by atoms with van der Waals surface area (Å²) in [4.78, 5) is 12.1. The minimum atomic E-state index is 0.106. The number of rotatable bonds is 4. The average Bonchev–Trinajstić information content (AvgIpc) is 3.02. The Morgan fingerprint density at radius 2 is 2.09 bits per heavy atom. The summed E-state index contributed by atoms with van der Waals surface area (Å²) in [6.07, 6.45) is 5.52. The zero-order valence-electron chi connectivity index (χ0n) is 12.8. The third-order valence-corrected chi connectivity index (χ3v) is 4.12. The molecule has 0 spiro atoms. The molecule has 5 nitrogen and oxygen atoms in total. The Hall–Kier alpha value is -2.17. The Morgan fingerprint density at radius 1 is 1.27 bits per heavy atom. The van der Waals surface area contributed by atoms with Gasteiger partial charge in [0.05, 0.1) is 6.54 Å². The molecule has 1 aromatic heterocycles. The van der Waals surface area contributed by atoms with Gasteiger partial charge in [0, 0.05) is 11.5 Å². The number of amides is 1. The van der Waals surface area contributed by atoms with E-state index < -0.39 is 0 Å². The zero-order chi connectivity index (χ0) is 15.4. The summed E-state index contributed by atoms with van der Waals surface area (Å²) >= 11 is 0. The first kappa shape index (κ1) is 14.8. The molecule has 0 atom stereocenters. The number of hydrogen-bond acceptors (Lipinski definition) is 4.